The Balaban J connectivity index is 1.23. The minimum Gasteiger partial charge on any atom is -0.449 e. The SMILES string of the molecule is c1ccc(-c2cnc(-c3ccc4c(c3)C3(c5ccccc5-c5ccccc53)c3ccc5c(c3-4)Oc3ccccc3O5)nc2)cc1. The first-order valence-corrected chi connectivity index (χ1v) is 15.1. The third-order valence-corrected chi connectivity index (χ3v) is 9.47. The molecule has 45 heavy (non-hydrogen) atoms. The van der Waals surface area contributed by atoms with Gasteiger partial charge in [0.25, 0.3) is 0 Å². The van der Waals surface area contributed by atoms with Crippen LogP contribution in [0.2, 0.25) is 0 Å². The van der Waals surface area contributed by atoms with Crippen molar-refractivity contribution in [2.75, 3.05) is 0 Å². The van der Waals surface area contributed by atoms with Crippen molar-refractivity contribution in [1.29, 1.82) is 0 Å². The Bertz CT molecular complexity index is 2280. The summed E-state index contributed by atoms with van der Waals surface area (Å²) >= 11 is 0. The molecular weight excluding hydrogens is 552 g/mol. The molecule has 1 spiro atoms. The fourth-order valence-corrected chi connectivity index (χ4v) is 7.60. The van der Waals surface area contributed by atoms with Crippen molar-refractivity contribution < 1.29 is 9.47 Å². The largest absolute Gasteiger partial charge is 0.449 e. The second-order valence-corrected chi connectivity index (χ2v) is 11.7. The second kappa shape index (κ2) is 9.01. The number of hydrogen-bond donors (Lipinski definition) is 0. The van der Waals surface area contributed by atoms with Crippen molar-refractivity contribution in [3.8, 4) is 67.8 Å². The fourth-order valence-electron chi connectivity index (χ4n) is 7.60. The summed E-state index contributed by atoms with van der Waals surface area (Å²) in [5.74, 6) is 3.61. The lowest BCUT2D eigenvalue weighted by atomic mass is 9.70. The molecule has 0 unspecified atom stereocenters. The van der Waals surface area contributed by atoms with Crippen molar-refractivity contribution in [2.45, 2.75) is 5.41 Å². The number of rotatable bonds is 2. The maximum absolute atomic E-state index is 6.68. The quantitative estimate of drug-likeness (QED) is 0.205. The van der Waals surface area contributed by atoms with Gasteiger partial charge in [-0.05, 0) is 68.8 Å². The van der Waals surface area contributed by atoms with Crippen molar-refractivity contribution in [3.05, 3.63) is 168 Å². The van der Waals surface area contributed by atoms with Crippen LogP contribution in [0.15, 0.2) is 146 Å². The second-order valence-electron chi connectivity index (χ2n) is 11.7. The molecule has 0 amide bonds. The van der Waals surface area contributed by atoms with Crippen molar-refractivity contribution in [1.82, 2.24) is 9.97 Å². The highest BCUT2D eigenvalue weighted by Crippen LogP contribution is 2.66. The highest BCUT2D eigenvalue weighted by Gasteiger charge is 2.53. The molecule has 1 aromatic heterocycles. The molecule has 2 aliphatic carbocycles. The summed E-state index contributed by atoms with van der Waals surface area (Å²) in [4.78, 5) is 9.69. The molecule has 0 bridgehead atoms. The Morgan fingerprint density at radius 1 is 0.422 bits per heavy atom. The lowest BCUT2D eigenvalue weighted by Gasteiger charge is -2.31. The molecular formula is C41H24N2O2. The molecule has 210 valence electrons. The van der Waals surface area contributed by atoms with Crippen LogP contribution in [0.4, 0.5) is 0 Å². The monoisotopic (exact) mass is 576 g/mol. The van der Waals surface area contributed by atoms with E-state index >= 15 is 0 Å². The van der Waals surface area contributed by atoms with Crippen LogP contribution in [-0.4, -0.2) is 9.97 Å². The van der Waals surface area contributed by atoms with Gasteiger partial charge in [-0.2, -0.15) is 0 Å². The van der Waals surface area contributed by atoms with Crippen molar-refractivity contribution in [3.63, 3.8) is 0 Å². The van der Waals surface area contributed by atoms with Gasteiger partial charge < -0.3 is 9.47 Å². The molecule has 0 atom stereocenters. The van der Waals surface area contributed by atoms with E-state index in [-0.39, 0.29) is 0 Å². The lowest BCUT2D eigenvalue weighted by Crippen LogP contribution is -2.26. The van der Waals surface area contributed by atoms with E-state index in [4.69, 9.17) is 19.4 Å². The zero-order valence-corrected chi connectivity index (χ0v) is 24.1. The summed E-state index contributed by atoms with van der Waals surface area (Å²) in [6.45, 7) is 0. The number of benzene rings is 6. The average molecular weight is 577 g/mol. The van der Waals surface area contributed by atoms with E-state index < -0.39 is 5.41 Å². The van der Waals surface area contributed by atoms with Crippen LogP contribution in [0.3, 0.4) is 0 Å². The molecule has 0 N–H and O–H groups in total. The zero-order valence-electron chi connectivity index (χ0n) is 24.1. The van der Waals surface area contributed by atoms with Crippen molar-refractivity contribution >= 4 is 0 Å². The Hall–Kier alpha value is -6.00. The van der Waals surface area contributed by atoms with Gasteiger partial charge in [-0.3, -0.25) is 0 Å². The molecule has 0 radical (unpaired) electrons. The Morgan fingerprint density at radius 3 is 1.80 bits per heavy atom. The zero-order chi connectivity index (χ0) is 29.5. The fraction of sp³-hybridized carbons (Fsp3) is 0.0244. The van der Waals surface area contributed by atoms with Gasteiger partial charge in [0.05, 0.1) is 5.41 Å². The van der Waals surface area contributed by atoms with Gasteiger partial charge in [0.2, 0.25) is 0 Å². The van der Waals surface area contributed by atoms with Crippen LogP contribution in [0.5, 0.6) is 23.0 Å². The molecule has 4 nitrogen and oxygen atoms in total. The van der Waals surface area contributed by atoms with E-state index in [2.05, 4.69) is 91.0 Å². The van der Waals surface area contributed by atoms with E-state index in [0.717, 1.165) is 50.8 Å². The first-order chi connectivity index (χ1) is 22.3. The van der Waals surface area contributed by atoms with Crippen LogP contribution in [-0.2, 0) is 5.41 Å². The minimum absolute atomic E-state index is 0.535. The summed E-state index contributed by atoms with van der Waals surface area (Å²) < 4.78 is 13.1. The molecule has 4 heteroatoms. The summed E-state index contributed by atoms with van der Waals surface area (Å²) in [5.41, 5.74) is 12.1. The van der Waals surface area contributed by atoms with Gasteiger partial charge in [-0.15, -0.1) is 0 Å². The molecule has 1 aliphatic heterocycles. The Morgan fingerprint density at radius 2 is 1.07 bits per heavy atom. The van der Waals surface area contributed by atoms with Gasteiger partial charge in [0.15, 0.2) is 28.8 Å². The van der Waals surface area contributed by atoms with E-state index in [9.17, 15) is 0 Å². The van der Waals surface area contributed by atoms with Crippen LogP contribution in [0, 0.1) is 0 Å². The molecule has 7 aromatic rings. The Kier molecular flexibility index (Phi) is 4.89. The third-order valence-electron chi connectivity index (χ3n) is 9.47. The molecule has 0 saturated carbocycles. The highest BCUT2D eigenvalue weighted by molar-refractivity contribution is 5.98. The van der Waals surface area contributed by atoms with Crippen LogP contribution in [0.25, 0.3) is 44.8 Å². The number of hydrogen-bond acceptors (Lipinski definition) is 4. The average Bonchev–Trinajstić information content (AvgIpc) is 3.58. The van der Waals surface area contributed by atoms with Gasteiger partial charge in [-0.25, -0.2) is 9.97 Å². The Labute approximate surface area is 260 Å². The predicted molar refractivity (Wildman–Crippen MR) is 176 cm³/mol. The minimum atomic E-state index is -0.535. The van der Waals surface area contributed by atoms with Crippen LogP contribution >= 0.6 is 0 Å². The van der Waals surface area contributed by atoms with Crippen molar-refractivity contribution in [2.24, 2.45) is 0 Å². The van der Waals surface area contributed by atoms with Gasteiger partial charge in [-0.1, -0.05) is 109 Å². The smallest absolute Gasteiger partial charge is 0.178 e. The molecule has 0 fully saturated rings. The summed E-state index contributed by atoms with van der Waals surface area (Å²) in [5, 5.41) is 0. The summed E-state index contributed by atoms with van der Waals surface area (Å²) in [6, 6.07) is 46.6. The van der Waals surface area contributed by atoms with E-state index in [0.29, 0.717) is 5.82 Å². The molecule has 10 rings (SSSR count). The highest BCUT2D eigenvalue weighted by atomic mass is 16.6. The predicted octanol–water partition coefficient (Wildman–Crippen LogP) is 10.1. The van der Waals surface area contributed by atoms with E-state index in [1.54, 1.807) is 0 Å². The number of fused-ring (bicyclic) bond motifs is 13. The summed E-state index contributed by atoms with van der Waals surface area (Å²) in [6.07, 6.45) is 3.82. The normalized spacial score (nSPS) is 13.9. The number of para-hydroxylation sites is 2. The van der Waals surface area contributed by atoms with Gasteiger partial charge in [0, 0.05) is 29.1 Å². The lowest BCUT2D eigenvalue weighted by molar-refractivity contribution is 0.360. The number of aromatic nitrogens is 2. The maximum atomic E-state index is 6.68. The number of ether oxygens (including phenoxy) is 2. The van der Waals surface area contributed by atoms with Crippen LogP contribution in [0.1, 0.15) is 22.3 Å². The van der Waals surface area contributed by atoms with E-state index in [1.807, 2.05) is 54.9 Å². The molecule has 3 aliphatic rings. The standard InChI is InChI=1S/C41H24N2O2/c1-2-10-25(11-3-1)27-23-42-40(43-24-27)26-18-19-30-34(22-26)41(31-14-6-4-12-28(31)29-13-5-7-15-32(29)41)33-20-21-37-39(38(30)33)45-36-17-9-8-16-35(36)44-37/h1-24H. The topological polar surface area (TPSA) is 44.2 Å². The van der Waals surface area contributed by atoms with Crippen LogP contribution < -0.4 is 9.47 Å². The first kappa shape index (κ1) is 24.4. The third kappa shape index (κ3) is 3.26. The maximum Gasteiger partial charge on any atom is 0.178 e. The van der Waals surface area contributed by atoms with Gasteiger partial charge >= 0.3 is 0 Å². The molecule has 0 saturated heterocycles. The van der Waals surface area contributed by atoms with Gasteiger partial charge in [0.1, 0.15) is 0 Å². The molecule has 2 heterocycles. The number of nitrogens with zero attached hydrogens (tertiary/aromatic N) is 2. The first-order valence-electron chi connectivity index (χ1n) is 15.1. The van der Waals surface area contributed by atoms with E-state index in [1.165, 1.54) is 33.4 Å². The molecule has 6 aromatic carbocycles. The summed E-state index contributed by atoms with van der Waals surface area (Å²) in [7, 11) is 0.